The first-order valence-corrected chi connectivity index (χ1v) is 6.00. The quantitative estimate of drug-likeness (QED) is 0.697. The number of nitrogen functional groups attached to an aromatic ring is 1. The lowest BCUT2D eigenvalue weighted by Gasteiger charge is -2.21. The zero-order valence-corrected chi connectivity index (χ0v) is 10.5. The summed E-state index contributed by atoms with van der Waals surface area (Å²) >= 11 is 0. The topological polar surface area (TPSA) is 112 Å². The molecule has 20 heavy (non-hydrogen) atoms. The largest absolute Gasteiger partial charge is 0.465 e. The summed E-state index contributed by atoms with van der Waals surface area (Å²) < 4.78 is 12.5. The highest BCUT2D eigenvalue weighted by Gasteiger charge is 2.22. The first kappa shape index (κ1) is 12.6. The normalized spacial score (nSPS) is 12.8. The number of anilines is 1. The second kappa shape index (κ2) is 5.27. The molecule has 0 saturated heterocycles. The fraction of sp³-hybridized carbons (Fsp3) is 0.250. The van der Waals surface area contributed by atoms with Gasteiger partial charge in [0.2, 0.25) is 0 Å². The fourth-order valence-corrected chi connectivity index (χ4v) is 1.92. The molecule has 0 fully saturated rings. The minimum atomic E-state index is -0.620. The summed E-state index contributed by atoms with van der Waals surface area (Å²) in [6, 6.07) is 3.50. The van der Waals surface area contributed by atoms with Crippen molar-refractivity contribution in [2.24, 2.45) is 0 Å². The minimum Gasteiger partial charge on any atom is -0.465 e. The number of furan rings is 1. The van der Waals surface area contributed by atoms with Gasteiger partial charge >= 0.3 is 0 Å². The van der Waals surface area contributed by atoms with E-state index in [1.54, 1.807) is 16.7 Å². The maximum absolute atomic E-state index is 8.93. The first-order valence-electron chi connectivity index (χ1n) is 6.00. The summed E-state index contributed by atoms with van der Waals surface area (Å²) in [5, 5.41) is 8.93. The zero-order chi connectivity index (χ0) is 13.9. The second-order valence-electron chi connectivity index (χ2n) is 4.05. The molecule has 1 unspecified atom stereocenters. The molecule has 3 N–H and O–H groups in total. The number of aromatic nitrogens is 4. The molecule has 0 radical (unpaired) electrons. The highest BCUT2D eigenvalue weighted by molar-refractivity contribution is 5.64. The number of hydrogen-bond donors (Lipinski definition) is 2. The Kier molecular flexibility index (Phi) is 3.32. The van der Waals surface area contributed by atoms with Crippen molar-refractivity contribution < 1.29 is 14.3 Å². The van der Waals surface area contributed by atoms with Crippen LogP contribution in [0.15, 0.2) is 35.5 Å². The van der Waals surface area contributed by atoms with Crippen molar-refractivity contribution in [2.45, 2.75) is 6.23 Å². The van der Waals surface area contributed by atoms with Gasteiger partial charge in [-0.2, -0.15) is 0 Å². The lowest BCUT2D eigenvalue weighted by atomic mass is 10.3. The average Bonchev–Trinajstić information content (AvgIpc) is 3.12. The third-order valence-corrected chi connectivity index (χ3v) is 2.81. The van der Waals surface area contributed by atoms with Crippen LogP contribution >= 0.6 is 0 Å². The number of rotatable bonds is 5. The summed E-state index contributed by atoms with van der Waals surface area (Å²) in [6.07, 6.45) is 3.83. The van der Waals surface area contributed by atoms with Gasteiger partial charge in [0, 0.05) is 0 Å². The van der Waals surface area contributed by atoms with E-state index in [1.165, 1.54) is 18.9 Å². The summed E-state index contributed by atoms with van der Waals surface area (Å²) in [5.74, 6) is 1.39. The summed E-state index contributed by atoms with van der Waals surface area (Å²) in [4.78, 5) is 12.2. The third kappa shape index (κ3) is 2.10. The smallest absolute Gasteiger partial charge is 0.195 e. The van der Waals surface area contributed by atoms with E-state index < -0.39 is 6.23 Å². The van der Waals surface area contributed by atoms with Crippen LogP contribution in [-0.2, 0) is 4.74 Å². The Morgan fingerprint density at radius 1 is 1.40 bits per heavy atom. The van der Waals surface area contributed by atoms with Crippen molar-refractivity contribution in [1.82, 2.24) is 19.5 Å². The van der Waals surface area contributed by atoms with Crippen LogP contribution in [0, 0.1) is 0 Å². The average molecular weight is 275 g/mol. The Hall–Kier alpha value is -2.45. The molecule has 1 aromatic rings. The van der Waals surface area contributed by atoms with Gasteiger partial charge in [-0.1, -0.05) is 0 Å². The molecule has 2 aliphatic heterocycles. The first-order chi connectivity index (χ1) is 9.81. The van der Waals surface area contributed by atoms with E-state index in [1.807, 2.05) is 0 Å². The maximum Gasteiger partial charge on any atom is 0.195 e. The van der Waals surface area contributed by atoms with Crippen LogP contribution in [0.25, 0.3) is 11.5 Å². The van der Waals surface area contributed by atoms with E-state index in [2.05, 4.69) is 15.0 Å². The molecule has 3 heterocycles. The molecular weight excluding hydrogens is 262 g/mol. The number of aliphatic hydroxyl groups is 1. The molecular formula is C12H13N5O3. The number of aliphatic hydroxyl groups excluding tert-OH is 1. The van der Waals surface area contributed by atoms with Gasteiger partial charge in [0.1, 0.15) is 24.2 Å². The van der Waals surface area contributed by atoms with Gasteiger partial charge in [0.15, 0.2) is 17.8 Å². The Morgan fingerprint density at radius 2 is 2.30 bits per heavy atom. The Bertz CT molecular complexity index is 651. The highest BCUT2D eigenvalue weighted by Crippen LogP contribution is 2.28. The van der Waals surface area contributed by atoms with Gasteiger partial charge in [0.25, 0.3) is 0 Å². The predicted octanol–water partition coefficient (Wildman–Crippen LogP) is 0.509. The predicted molar refractivity (Wildman–Crippen MR) is 68.7 cm³/mol. The van der Waals surface area contributed by atoms with E-state index in [9.17, 15) is 0 Å². The van der Waals surface area contributed by atoms with Gasteiger partial charge < -0.3 is 20.0 Å². The molecule has 8 nitrogen and oxygen atoms in total. The molecule has 8 heteroatoms. The monoisotopic (exact) mass is 275 g/mol. The van der Waals surface area contributed by atoms with Gasteiger partial charge in [-0.15, -0.1) is 0 Å². The van der Waals surface area contributed by atoms with Crippen LogP contribution in [0.1, 0.15) is 12.0 Å². The molecule has 0 saturated carbocycles. The lowest BCUT2D eigenvalue weighted by Crippen LogP contribution is -2.20. The molecule has 0 aromatic carbocycles. The van der Waals surface area contributed by atoms with E-state index >= 15 is 0 Å². The van der Waals surface area contributed by atoms with Crippen LogP contribution in [0.3, 0.4) is 0 Å². The van der Waals surface area contributed by atoms with Gasteiger partial charge in [0.05, 0.1) is 19.5 Å². The lowest BCUT2D eigenvalue weighted by molar-refractivity contribution is -0.000906. The van der Waals surface area contributed by atoms with E-state index in [-0.39, 0.29) is 13.2 Å². The van der Waals surface area contributed by atoms with Crippen molar-refractivity contribution in [1.29, 1.82) is 0 Å². The Labute approximate surface area is 114 Å². The Morgan fingerprint density at radius 3 is 3.05 bits per heavy atom. The summed E-state index contributed by atoms with van der Waals surface area (Å²) in [6.45, 7) is 0.0338. The highest BCUT2D eigenvalue weighted by atomic mass is 16.5. The third-order valence-electron chi connectivity index (χ3n) is 2.81. The molecule has 1 atom stereocenters. The van der Waals surface area contributed by atoms with E-state index in [0.29, 0.717) is 23.1 Å². The molecule has 1 aromatic heterocycles. The van der Waals surface area contributed by atoms with E-state index in [4.69, 9.17) is 20.0 Å². The zero-order valence-electron chi connectivity index (χ0n) is 10.5. The molecule has 0 amide bonds. The number of nitrogens with zero attached hydrogens (tertiary/aromatic N) is 4. The van der Waals surface area contributed by atoms with Gasteiger partial charge in [-0.3, -0.25) is 4.57 Å². The molecule has 0 aliphatic carbocycles. The fourth-order valence-electron chi connectivity index (χ4n) is 1.92. The SMILES string of the molecule is Nc1c2ncnc-2ncn1C(OCCO)c1ccco1. The van der Waals surface area contributed by atoms with Crippen molar-refractivity contribution in [3.8, 4) is 11.5 Å². The molecule has 0 bridgehead atoms. The van der Waals surface area contributed by atoms with Crippen molar-refractivity contribution >= 4 is 5.82 Å². The van der Waals surface area contributed by atoms with Crippen LogP contribution < -0.4 is 5.73 Å². The van der Waals surface area contributed by atoms with Gasteiger partial charge in [-0.25, -0.2) is 15.0 Å². The number of hydrogen-bond acceptors (Lipinski definition) is 7. The molecule has 3 rings (SSSR count). The molecule has 0 spiro atoms. The van der Waals surface area contributed by atoms with Crippen LogP contribution in [0.4, 0.5) is 5.82 Å². The van der Waals surface area contributed by atoms with Crippen LogP contribution in [0.5, 0.6) is 0 Å². The Balaban J connectivity index is 2.05. The standard InChI is InChI=1S/C12H13N5O3/c13-10-9-11(15-6-14-9)16-7-17(10)12(20-5-3-18)8-2-1-4-19-8/h1-2,4,6-7,12,18H,3,5,13H2. The number of nitrogens with two attached hydrogens (primary N) is 1. The number of fused-ring (bicyclic) bond motifs is 1. The summed E-state index contributed by atoms with van der Waals surface area (Å²) in [7, 11) is 0. The molecule has 104 valence electrons. The summed E-state index contributed by atoms with van der Waals surface area (Å²) in [5.41, 5.74) is 6.58. The number of ether oxygens (including phenoxy) is 1. The van der Waals surface area contributed by atoms with Crippen molar-refractivity contribution in [3.05, 3.63) is 36.8 Å². The van der Waals surface area contributed by atoms with Crippen LogP contribution in [-0.4, -0.2) is 37.8 Å². The van der Waals surface area contributed by atoms with Crippen molar-refractivity contribution in [3.63, 3.8) is 0 Å². The molecule has 2 aliphatic rings. The van der Waals surface area contributed by atoms with Crippen molar-refractivity contribution in [2.75, 3.05) is 18.9 Å². The van der Waals surface area contributed by atoms with E-state index in [0.717, 1.165) is 0 Å². The minimum absolute atomic E-state index is 0.108. The maximum atomic E-state index is 8.93. The van der Waals surface area contributed by atoms with Gasteiger partial charge in [-0.05, 0) is 12.1 Å². The second-order valence-corrected chi connectivity index (χ2v) is 4.05. The number of imidazole rings is 1. The van der Waals surface area contributed by atoms with Crippen LogP contribution in [0.2, 0.25) is 0 Å².